The molecular formula is C27H31N3O2. The molecule has 0 saturated carbocycles. The molecule has 5 nitrogen and oxygen atoms in total. The Labute approximate surface area is 190 Å². The average Bonchev–Trinajstić information content (AvgIpc) is 2.84. The lowest BCUT2D eigenvalue weighted by molar-refractivity contribution is 0.131. The summed E-state index contributed by atoms with van der Waals surface area (Å²) in [4.78, 5) is 2.49. The smallest absolute Gasteiger partial charge is 0.162 e. The van der Waals surface area contributed by atoms with Crippen LogP contribution in [0.3, 0.4) is 0 Å². The van der Waals surface area contributed by atoms with Crippen molar-refractivity contribution >= 4 is 6.21 Å². The highest BCUT2D eigenvalue weighted by Gasteiger charge is 2.15. The van der Waals surface area contributed by atoms with Gasteiger partial charge in [-0.15, -0.1) is 0 Å². The Bertz CT molecular complexity index is 1010. The van der Waals surface area contributed by atoms with Crippen LogP contribution in [0.5, 0.6) is 11.5 Å². The molecule has 1 saturated heterocycles. The van der Waals surface area contributed by atoms with Gasteiger partial charge in [-0.05, 0) is 41.8 Å². The van der Waals surface area contributed by atoms with Gasteiger partial charge in [-0.2, -0.15) is 5.10 Å². The van der Waals surface area contributed by atoms with Crippen LogP contribution in [-0.4, -0.2) is 49.4 Å². The standard InChI is InChI=1S/C27H31N3O2/c1-22-8-10-23(11-9-22)20-29-14-16-30(17-15-29)28-19-25-12-13-26(31-2)27(18-25)32-21-24-6-4-3-5-7-24/h3-13,18-19H,14-17,20-21H2,1-2H3/b28-19-. The third-order valence-corrected chi connectivity index (χ3v) is 5.67. The molecule has 0 N–H and O–H groups in total. The summed E-state index contributed by atoms with van der Waals surface area (Å²) in [7, 11) is 1.66. The Kier molecular flexibility index (Phi) is 7.41. The summed E-state index contributed by atoms with van der Waals surface area (Å²) >= 11 is 0. The first kappa shape index (κ1) is 21.9. The van der Waals surface area contributed by atoms with Gasteiger partial charge in [-0.1, -0.05) is 60.2 Å². The quantitative estimate of drug-likeness (QED) is 0.485. The second-order valence-electron chi connectivity index (χ2n) is 8.14. The molecule has 0 bridgehead atoms. The minimum absolute atomic E-state index is 0.501. The lowest BCUT2D eigenvalue weighted by Gasteiger charge is -2.33. The lowest BCUT2D eigenvalue weighted by atomic mass is 10.1. The number of hydrazone groups is 1. The highest BCUT2D eigenvalue weighted by Crippen LogP contribution is 2.28. The molecule has 5 heteroatoms. The van der Waals surface area contributed by atoms with Crippen molar-refractivity contribution in [2.24, 2.45) is 5.10 Å². The second-order valence-corrected chi connectivity index (χ2v) is 8.14. The van der Waals surface area contributed by atoms with Crippen LogP contribution in [0.1, 0.15) is 22.3 Å². The van der Waals surface area contributed by atoms with Gasteiger partial charge in [-0.3, -0.25) is 9.91 Å². The maximum atomic E-state index is 6.02. The molecule has 3 aromatic rings. The van der Waals surface area contributed by atoms with E-state index in [1.165, 1.54) is 11.1 Å². The first-order valence-electron chi connectivity index (χ1n) is 11.1. The molecule has 4 rings (SSSR count). The third-order valence-electron chi connectivity index (χ3n) is 5.67. The van der Waals surface area contributed by atoms with E-state index in [2.05, 4.69) is 53.2 Å². The van der Waals surface area contributed by atoms with Gasteiger partial charge in [0.15, 0.2) is 11.5 Å². The normalized spacial score (nSPS) is 14.6. The first-order valence-corrected chi connectivity index (χ1v) is 11.1. The van der Waals surface area contributed by atoms with E-state index >= 15 is 0 Å². The van der Waals surface area contributed by atoms with E-state index < -0.39 is 0 Å². The van der Waals surface area contributed by atoms with Crippen molar-refractivity contribution in [1.82, 2.24) is 9.91 Å². The predicted molar refractivity (Wildman–Crippen MR) is 129 cm³/mol. The van der Waals surface area contributed by atoms with E-state index in [4.69, 9.17) is 14.6 Å². The number of aryl methyl sites for hydroxylation is 1. The average molecular weight is 430 g/mol. The Morgan fingerprint density at radius 2 is 1.59 bits per heavy atom. The molecule has 1 fully saturated rings. The number of ether oxygens (including phenoxy) is 2. The van der Waals surface area contributed by atoms with E-state index in [9.17, 15) is 0 Å². The van der Waals surface area contributed by atoms with Crippen LogP contribution in [0.2, 0.25) is 0 Å². The predicted octanol–water partition coefficient (Wildman–Crippen LogP) is 4.73. The number of rotatable bonds is 8. The number of piperazine rings is 1. The number of nitrogens with zero attached hydrogens (tertiary/aromatic N) is 3. The molecule has 0 atom stereocenters. The molecule has 0 radical (unpaired) electrons. The van der Waals surface area contributed by atoms with Crippen molar-refractivity contribution in [3.8, 4) is 11.5 Å². The molecule has 32 heavy (non-hydrogen) atoms. The maximum Gasteiger partial charge on any atom is 0.162 e. The monoisotopic (exact) mass is 429 g/mol. The zero-order valence-electron chi connectivity index (χ0n) is 18.9. The Morgan fingerprint density at radius 3 is 2.31 bits per heavy atom. The molecule has 1 aliphatic heterocycles. The third kappa shape index (κ3) is 6.11. The molecule has 0 aromatic heterocycles. The Balaban J connectivity index is 1.31. The van der Waals surface area contributed by atoms with E-state index in [-0.39, 0.29) is 0 Å². The van der Waals surface area contributed by atoms with E-state index in [0.29, 0.717) is 6.61 Å². The van der Waals surface area contributed by atoms with Gasteiger partial charge in [0.1, 0.15) is 6.61 Å². The Morgan fingerprint density at radius 1 is 0.844 bits per heavy atom. The highest BCUT2D eigenvalue weighted by molar-refractivity contribution is 5.80. The molecular weight excluding hydrogens is 398 g/mol. The fraction of sp³-hybridized carbons (Fsp3) is 0.296. The summed E-state index contributed by atoms with van der Waals surface area (Å²) in [5, 5.41) is 6.85. The van der Waals surface area contributed by atoms with Gasteiger partial charge < -0.3 is 9.47 Å². The van der Waals surface area contributed by atoms with Crippen LogP contribution in [0.25, 0.3) is 0 Å². The van der Waals surface area contributed by atoms with E-state index in [1.807, 2.05) is 42.6 Å². The van der Waals surface area contributed by atoms with Crippen LogP contribution >= 0.6 is 0 Å². The zero-order chi connectivity index (χ0) is 22.2. The largest absolute Gasteiger partial charge is 0.493 e. The molecule has 0 spiro atoms. The van der Waals surface area contributed by atoms with Gasteiger partial charge in [0.25, 0.3) is 0 Å². The summed E-state index contributed by atoms with van der Waals surface area (Å²) < 4.78 is 11.5. The van der Waals surface area contributed by atoms with Gasteiger partial charge >= 0.3 is 0 Å². The van der Waals surface area contributed by atoms with Crippen molar-refractivity contribution in [3.05, 3.63) is 95.1 Å². The lowest BCUT2D eigenvalue weighted by Crippen LogP contribution is -2.43. The van der Waals surface area contributed by atoms with Crippen molar-refractivity contribution in [2.45, 2.75) is 20.1 Å². The summed E-state index contributed by atoms with van der Waals surface area (Å²) in [6, 6.07) is 24.9. The minimum atomic E-state index is 0.501. The molecule has 0 amide bonds. The molecule has 3 aromatic carbocycles. The summed E-state index contributed by atoms with van der Waals surface area (Å²) in [6.45, 7) is 7.51. The van der Waals surface area contributed by atoms with E-state index in [0.717, 1.165) is 55.3 Å². The fourth-order valence-electron chi connectivity index (χ4n) is 3.73. The van der Waals surface area contributed by atoms with Gasteiger partial charge in [-0.25, -0.2) is 0 Å². The molecule has 0 unspecified atom stereocenters. The van der Waals surface area contributed by atoms with Crippen LogP contribution in [0.15, 0.2) is 77.9 Å². The number of hydrogen-bond donors (Lipinski definition) is 0. The number of benzene rings is 3. The number of methoxy groups -OCH3 is 1. The SMILES string of the molecule is COc1ccc(/C=N\N2CCN(Cc3ccc(C)cc3)CC2)cc1OCc1ccccc1. The topological polar surface area (TPSA) is 37.3 Å². The highest BCUT2D eigenvalue weighted by atomic mass is 16.5. The van der Waals surface area contributed by atoms with Crippen LogP contribution in [0, 0.1) is 6.92 Å². The second kappa shape index (κ2) is 10.8. The van der Waals surface area contributed by atoms with Crippen LogP contribution < -0.4 is 9.47 Å². The minimum Gasteiger partial charge on any atom is -0.493 e. The Hall–Kier alpha value is -3.31. The summed E-state index contributed by atoms with van der Waals surface area (Å²) in [5.41, 5.74) is 4.79. The van der Waals surface area contributed by atoms with Crippen molar-refractivity contribution in [3.63, 3.8) is 0 Å². The van der Waals surface area contributed by atoms with Crippen molar-refractivity contribution in [2.75, 3.05) is 33.3 Å². The van der Waals surface area contributed by atoms with Gasteiger partial charge in [0.05, 0.1) is 13.3 Å². The van der Waals surface area contributed by atoms with Crippen LogP contribution in [-0.2, 0) is 13.2 Å². The molecule has 1 heterocycles. The van der Waals surface area contributed by atoms with E-state index in [1.54, 1.807) is 7.11 Å². The summed E-state index contributed by atoms with van der Waals surface area (Å²) in [5.74, 6) is 1.45. The molecule has 0 aliphatic carbocycles. The zero-order valence-corrected chi connectivity index (χ0v) is 18.9. The first-order chi connectivity index (χ1) is 15.7. The van der Waals surface area contributed by atoms with Crippen LogP contribution in [0.4, 0.5) is 0 Å². The van der Waals surface area contributed by atoms with Gasteiger partial charge in [0, 0.05) is 32.7 Å². The fourth-order valence-corrected chi connectivity index (χ4v) is 3.73. The number of hydrogen-bond acceptors (Lipinski definition) is 5. The van der Waals surface area contributed by atoms with Crippen molar-refractivity contribution < 1.29 is 9.47 Å². The maximum absolute atomic E-state index is 6.02. The summed E-state index contributed by atoms with van der Waals surface area (Å²) in [6.07, 6.45) is 1.91. The van der Waals surface area contributed by atoms with Crippen molar-refractivity contribution in [1.29, 1.82) is 0 Å². The van der Waals surface area contributed by atoms with Gasteiger partial charge in [0.2, 0.25) is 0 Å². The molecule has 166 valence electrons. The molecule has 1 aliphatic rings.